The Labute approximate surface area is 128 Å². The van der Waals surface area contributed by atoms with Gasteiger partial charge >= 0.3 is 0 Å². The molecule has 0 aliphatic carbocycles. The van der Waals surface area contributed by atoms with Crippen molar-refractivity contribution >= 4 is 34.8 Å². The van der Waals surface area contributed by atoms with E-state index in [2.05, 4.69) is 10.6 Å². The van der Waals surface area contributed by atoms with Crippen LogP contribution in [0.15, 0.2) is 30.0 Å². The Morgan fingerprint density at radius 1 is 1.30 bits per heavy atom. The van der Waals surface area contributed by atoms with Gasteiger partial charge in [0.2, 0.25) is 0 Å². The summed E-state index contributed by atoms with van der Waals surface area (Å²) in [5.74, 6) is -0.511. The van der Waals surface area contributed by atoms with Gasteiger partial charge in [-0.3, -0.25) is 4.79 Å². The van der Waals surface area contributed by atoms with Crippen LogP contribution in [-0.2, 0) is 4.79 Å². The number of rotatable bonds is 3. The number of halogens is 2. The third-order valence-corrected chi connectivity index (χ3v) is 2.93. The molecule has 0 bridgehead atoms. The van der Waals surface area contributed by atoms with Crippen LogP contribution in [0.25, 0.3) is 0 Å². The maximum absolute atomic E-state index is 11.9. The molecule has 20 heavy (non-hydrogen) atoms. The predicted molar refractivity (Wildman–Crippen MR) is 81.7 cm³/mol. The number of nitrogens with zero attached hydrogens (tertiary/aromatic N) is 1. The van der Waals surface area contributed by atoms with Crippen molar-refractivity contribution in [3.63, 3.8) is 0 Å². The zero-order valence-electron chi connectivity index (χ0n) is 11.4. The van der Waals surface area contributed by atoms with Gasteiger partial charge in [-0.2, -0.15) is 5.26 Å². The van der Waals surface area contributed by atoms with Crippen LogP contribution in [0.4, 0.5) is 5.69 Å². The van der Waals surface area contributed by atoms with Gasteiger partial charge in [0, 0.05) is 17.4 Å². The molecule has 1 amide bonds. The van der Waals surface area contributed by atoms with Crippen LogP contribution in [0.3, 0.4) is 0 Å². The van der Waals surface area contributed by atoms with Crippen molar-refractivity contribution in [2.45, 2.75) is 26.3 Å². The summed E-state index contributed by atoms with van der Waals surface area (Å²) in [5, 5.41) is 15.3. The number of benzene rings is 1. The summed E-state index contributed by atoms with van der Waals surface area (Å²) in [5.41, 5.74) is 0.221. The summed E-state index contributed by atoms with van der Waals surface area (Å²) in [6.45, 7) is 5.78. The molecule has 0 aliphatic heterocycles. The van der Waals surface area contributed by atoms with Crippen molar-refractivity contribution in [3.8, 4) is 6.07 Å². The van der Waals surface area contributed by atoms with E-state index in [0.29, 0.717) is 15.7 Å². The molecule has 2 N–H and O–H groups in total. The van der Waals surface area contributed by atoms with Gasteiger partial charge in [-0.15, -0.1) is 0 Å². The summed E-state index contributed by atoms with van der Waals surface area (Å²) >= 11 is 11.6. The molecule has 1 aromatic rings. The molecular formula is C14H15Cl2N3O. The Hall–Kier alpha value is -1.70. The van der Waals surface area contributed by atoms with E-state index < -0.39 is 5.91 Å². The molecule has 0 aromatic heterocycles. The molecule has 0 saturated carbocycles. The summed E-state index contributed by atoms with van der Waals surface area (Å²) in [6.07, 6.45) is 1.40. The zero-order valence-corrected chi connectivity index (χ0v) is 12.9. The molecule has 0 unspecified atom stereocenters. The van der Waals surface area contributed by atoms with Gasteiger partial charge < -0.3 is 10.6 Å². The van der Waals surface area contributed by atoms with E-state index in [1.54, 1.807) is 12.1 Å². The number of nitriles is 1. The fraction of sp³-hybridized carbons (Fsp3) is 0.286. The molecule has 0 saturated heterocycles. The minimum atomic E-state index is -0.511. The molecule has 0 heterocycles. The van der Waals surface area contributed by atoms with Crippen LogP contribution in [-0.4, -0.2) is 11.4 Å². The van der Waals surface area contributed by atoms with Gasteiger partial charge in [0.05, 0.1) is 10.0 Å². The summed E-state index contributed by atoms with van der Waals surface area (Å²) in [6, 6.07) is 6.55. The van der Waals surface area contributed by atoms with Gasteiger partial charge in [0.25, 0.3) is 5.91 Å². The fourth-order valence-electron chi connectivity index (χ4n) is 1.21. The summed E-state index contributed by atoms with van der Waals surface area (Å²) in [4.78, 5) is 11.9. The van der Waals surface area contributed by atoms with E-state index in [-0.39, 0.29) is 11.1 Å². The Balaban J connectivity index is 2.83. The Morgan fingerprint density at radius 3 is 2.45 bits per heavy atom. The lowest BCUT2D eigenvalue weighted by Crippen LogP contribution is -2.32. The lowest BCUT2D eigenvalue weighted by Gasteiger charge is -2.18. The molecule has 1 aromatic carbocycles. The molecule has 0 spiro atoms. The second-order valence-electron chi connectivity index (χ2n) is 5.15. The van der Waals surface area contributed by atoms with E-state index in [1.165, 1.54) is 12.3 Å². The first-order chi connectivity index (χ1) is 9.23. The predicted octanol–water partition coefficient (Wildman–Crippen LogP) is 3.73. The molecular weight excluding hydrogens is 297 g/mol. The monoisotopic (exact) mass is 311 g/mol. The van der Waals surface area contributed by atoms with Crippen LogP contribution < -0.4 is 10.6 Å². The number of carbonyl (C=O) groups is 1. The lowest BCUT2D eigenvalue weighted by molar-refractivity contribution is -0.112. The minimum absolute atomic E-state index is 0.0222. The molecule has 0 aliphatic rings. The van der Waals surface area contributed by atoms with Crippen LogP contribution in [0.5, 0.6) is 0 Å². The number of amides is 1. The number of anilines is 1. The fourth-order valence-corrected chi connectivity index (χ4v) is 1.51. The van der Waals surface area contributed by atoms with E-state index in [9.17, 15) is 4.79 Å². The Morgan fingerprint density at radius 2 is 1.95 bits per heavy atom. The van der Waals surface area contributed by atoms with Crippen molar-refractivity contribution in [3.05, 3.63) is 40.0 Å². The van der Waals surface area contributed by atoms with E-state index >= 15 is 0 Å². The molecule has 0 radical (unpaired) electrons. The molecule has 106 valence electrons. The van der Waals surface area contributed by atoms with Gasteiger partial charge in [-0.25, -0.2) is 0 Å². The third-order valence-electron chi connectivity index (χ3n) is 2.19. The van der Waals surface area contributed by atoms with Crippen LogP contribution >= 0.6 is 23.2 Å². The highest BCUT2D eigenvalue weighted by Gasteiger charge is 2.12. The standard InChI is InChI=1S/C14H15Cl2N3O/c1-14(2,3)18-8-9(7-17)13(20)19-10-4-5-11(15)12(16)6-10/h4-6,8,18H,1-3H3,(H,19,20)/b9-8-. The van der Waals surface area contributed by atoms with Crippen molar-refractivity contribution in [2.24, 2.45) is 0 Å². The van der Waals surface area contributed by atoms with E-state index in [0.717, 1.165) is 0 Å². The molecule has 0 atom stereocenters. The smallest absolute Gasteiger partial charge is 0.267 e. The van der Waals surface area contributed by atoms with Gasteiger partial charge in [0.1, 0.15) is 11.6 Å². The topological polar surface area (TPSA) is 64.9 Å². The number of hydrogen-bond acceptors (Lipinski definition) is 3. The number of hydrogen-bond donors (Lipinski definition) is 2. The second-order valence-corrected chi connectivity index (χ2v) is 5.96. The van der Waals surface area contributed by atoms with Crippen LogP contribution in [0, 0.1) is 11.3 Å². The highest BCUT2D eigenvalue weighted by Crippen LogP contribution is 2.25. The van der Waals surface area contributed by atoms with Gasteiger partial charge in [0.15, 0.2) is 0 Å². The minimum Gasteiger partial charge on any atom is -0.385 e. The Bertz CT molecular complexity index is 583. The van der Waals surface area contributed by atoms with Crippen molar-refractivity contribution < 1.29 is 4.79 Å². The van der Waals surface area contributed by atoms with Crippen molar-refractivity contribution in [1.82, 2.24) is 5.32 Å². The van der Waals surface area contributed by atoms with Crippen LogP contribution in [0.1, 0.15) is 20.8 Å². The third kappa shape index (κ3) is 5.12. The number of carbonyl (C=O) groups excluding carboxylic acids is 1. The first-order valence-corrected chi connectivity index (χ1v) is 6.63. The average molecular weight is 312 g/mol. The lowest BCUT2D eigenvalue weighted by atomic mass is 10.1. The van der Waals surface area contributed by atoms with Gasteiger partial charge in [-0.05, 0) is 39.0 Å². The highest BCUT2D eigenvalue weighted by atomic mass is 35.5. The first-order valence-electron chi connectivity index (χ1n) is 5.87. The maximum Gasteiger partial charge on any atom is 0.267 e. The molecule has 1 rings (SSSR count). The number of nitrogens with one attached hydrogen (secondary N) is 2. The average Bonchev–Trinajstić information content (AvgIpc) is 2.33. The van der Waals surface area contributed by atoms with Crippen molar-refractivity contribution in [1.29, 1.82) is 5.26 Å². The summed E-state index contributed by atoms with van der Waals surface area (Å²) in [7, 11) is 0. The summed E-state index contributed by atoms with van der Waals surface area (Å²) < 4.78 is 0. The quantitative estimate of drug-likeness (QED) is 0.660. The van der Waals surface area contributed by atoms with E-state index in [4.69, 9.17) is 28.5 Å². The Kier molecular flexibility index (Phi) is 5.43. The van der Waals surface area contributed by atoms with Crippen LogP contribution in [0.2, 0.25) is 10.0 Å². The maximum atomic E-state index is 11.9. The van der Waals surface area contributed by atoms with E-state index in [1.807, 2.05) is 26.8 Å². The van der Waals surface area contributed by atoms with Gasteiger partial charge in [-0.1, -0.05) is 23.2 Å². The molecule has 0 fully saturated rings. The highest BCUT2D eigenvalue weighted by molar-refractivity contribution is 6.42. The molecule has 6 heteroatoms. The second kappa shape index (κ2) is 6.65. The SMILES string of the molecule is CC(C)(C)N/C=C(/C#N)C(=O)Nc1ccc(Cl)c(Cl)c1. The zero-order chi connectivity index (χ0) is 15.3. The van der Waals surface area contributed by atoms with Crippen molar-refractivity contribution in [2.75, 3.05) is 5.32 Å². The normalized spacial score (nSPS) is 11.7. The largest absolute Gasteiger partial charge is 0.385 e. The first kappa shape index (κ1) is 16.4. The molecule has 4 nitrogen and oxygen atoms in total.